The molecule has 0 fully saturated rings. The van der Waals surface area contributed by atoms with E-state index in [0.29, 0.717) is 5.82 Å². The van der Waals surface area contributed by atoms with Crippen LogP contribution in [0.15, 0.2) is 71.8 Å². The van der Waals surface area contributed by atoms with Crippen LogP contribution in [-0.2, 0) is 20.2 Å². The summed E-state index contributed by atoms with van der Waals surface area (Å²) in [7, 11) is -3.67. The van der Waals surface area contributed by atoms with Crippen molar-refractivity contribution in [3.63, 3.8) is 0 Å². The predicted octanol–water partition coefficient (Wildman–Crippen LogP) is 3.48. The maximum absolute atomic E-state index is 12.4. The lowest BCUT2D eigenvalue weighted by molar-refractivity contribution is -0.116. The number of rotatable bonds is 7. The highest BCUT2D eigenvalue weighted by Gasteiger charge is 2.17. The third kappa shape index (κ3) is 5.55. The molecule has 0 aliphatic rings. The molecular weight excluding hydrogens is 400 g/mol. The highest BCUT2D eigenvalue weighted by atomic mass is 32.2. The molecule has 0 unspecified atom stereocenters. The first-order valence-corrected chi connectivity index (χ1v) is 11.1. The van der Waals surface area contributed by atoms with Gasteiger partial charge in [0.1, 0.15) is 0 Å². The molecule has 2 N–H and O–H groups in total. The number of aromatic nitrogens is 2. The molecule has 3 rings (SSSR count). The van der Waals surface area contributed by atoms with Crippen molar-refractivity contribution in [1.29, 1.82) is 0 Å². The van der Waals surface area contributed by atoms with Crippen molar-refractivity contribution >= 4 is 21.7 Å². The average molecular weight is 427 g/mol. The lowest BCUT2D eigenvalue weighted by atomic mass is 9.87. The first kappa shape index (κ1) is 21.7. The van der Waals surface area contributed by atoms with Crippen LogP contribution in [0.1, 0.15) is 32.8 Å². The first-order chi connectivity index (χ1) is 14.1. The smallest absolute Gasteiger partial charge is 0.240 e. The van der Waals surface area contributed by atoms with E-state index in [1.165, 1.54) is 0 Å². The Kier molecular flexibility index (Phi) is 6.38. The van der Waals surface area contributed by atoms with Gasteiger partial charge in [0.15, 0.2) is 5.82 Å². The van der Waals surface area contributed by atoms with Gasteiger partial charge in [0.05, 0.1) is 10.6 Å². The fourth-order valence-electron chi connectivity index (χ4n) is 2.84. The Morgan fingerprint density at radius 3 is 2.30 bits per heavy atom. The van der Waals surface area contributed by atoms with Crippen molar-refractivity contribution in [3.05, 3.63) is 72.4 Å². The van der Waals surface area contributed by atoms with Crippen molar-refractivity contribution in [2.24, 2.45) is 0 Å². The second kappa shape index (κ2) is 8.81. The number of carbonyl (C=O) groups is 1. The lowest BCUT2D eigenvalue weighted by Crippen LogP contribution is -2.28. The van der Waals surface area contributed by atoms with Crippen LogP contribution in [0.4, 0.5) is 5.82 Å². The topological polar surface area (TPSA) is 93.1 Å². The maximum atomic E-state index is 12.4. The lowest BCUT2D eigenvalue weighted by Gasteiger charge is -2.19. The standard InChI is InChI=1S/C22H26N4O3S/c1-22(2,3)17-9-11-19(12-10-17)30(28,29)23-15-13-21(27)24-20-14-16-26(25-20)18-7-5-4-6-8-18/h4-12,14,16,23H,13,15H2,1-3H3,(H,24,25,27). The van der Waals surface area contributed by atoms with E-state index >= 15 is 0 Å². The van der Waals surface area contributed by atoms with E-state index in [-0.39, 0.29) is 29.2 Å². The van der Waals surface area contributed by atoms with Gasteiger partial charge < -0.3 is 5.32 Å². The van der Waals surface area contributed by atoms with Gasteiger partial charge in [-0.2, -0.15) is 5.10 Å². The van der Waals surface area contributed by atoms with Crippen molar-refractivity contribution in [1.82, 2.24) is 14.5 Å². The van der Waals surface area contributed by atoms with Gasteiger partial charge in [0.2, 0.25) is 15.9 Å². The fraction of sp³-hybridized carbons (Fsp3) is 0.273. The molecule has 7 nitrogen and oxygen atoms in total. The molecule has 1 aromatic heterocycles. The van der Waals surface area contributed by atoms with Crippen LogP contribution in [-0.4, -0.2) is 30.7 Å². The molecule has 2 aromatic carbocycles. The van der Waals surface area contributed by atoms with Crippen LogP contribution < -0.4 is 10.0 Å². The molecule has 8 heteroatoms. The van der Waals surface area contributed by atoms with Crippen molar-refractivity contribution < 1.29 is 13.2 Å². The van der Waals surface area contributed by atoms with E-state index in [0.717, 1.165) is 11.3 Å². The molecule has 1 heterocycles. The molecule has 0 atom stereocenters. The van der Waals surface area contributed by atoms with Crippen molar-refractivity contribution in [2.75, 3.05) is 11.9 Å². The number of carbonyl (C=O) groups excluding carboxylic acids is 1. The molecule has 30 heavy (non-hydrogen) atoms. The van der Waals surface area contributed by atoms with E-state index < -0.39 is 10.0 Å². The molecule has 0 aliphatic carbocycles. The minimum atomic E-state index is -3.67. The summed E-state index contributed by atoms with van der Waals surface area (Å²) in [6, 6.07) is 18.0. The molecule has 0 saturated heterocycles. The Labute approximate surface area is 177 Å². The molecule has 3 aromatic rings. The SMILES string of the molecule is CC(C)(C)c1ccc(S(=O)(=O)NCCC(=O)Nc2ccn(-c3ccccc3)n2)cc1. The zero-order chi connectivity index (χ0) is 21.8. The summed E-state index contributed by atoms with van der Waals surface area (Å²) < 4.78 is 29.0. The van der Waals surface area contributed by atoms with E-state index in [4.69, 9.17) is 0 Å². The Morgan fingerprint density at radius 2 is 1.67 bits per heavy atom. The average Bonchev–Trinajstić information content (AvgIpc) is 3.16. The third-order valence-corrected chi connectivity index (χ3v) is 6.03. The van der Waals surface area contributed by atoms with Gasteiger partial charge in [-0.1, -0.05) is 51.1 Å². The molecule has 0 bridgehead atoms. The quantitative estimate of drug-likeness (QED) is 0.605. The van der Waals surface area contributed by atoms with Crippen LogP contribution in [0.2, 0.25) is 0 Å². The summed E-state index contributed by atoms with van der Waals surface area (Å²) >= 11 is 0. The highest BCUT2D eigenvalue weighted by Crippen LogP contribution is 2.23. The summed E-state index contributed by atoms with van der Waals surface area (Å²) in [4.78, 5) is 12.3. The molecule has 0 radical (unpaired) electrons. The molecule has 0 saturated carbocycles. The third-order valence-electron chi connectivity index (χ3n) is 4.55. The Morgan fingerprint density at radius 1 is 1.00 bits per heavy atom. The van der Waals surface area contributed by atoms with Gasteiger partial charge >= 0.3 is 0 Å². The Balaban J connectivity index is 1.52. The first-order valence-electron chi connectivity index (χ1n) is 9.66. The van der Waals surface area contributed by atoms with Gasteiger partial charge in [-0.3, -0.25) is 4.79 Å². The Hall–Kier alpha value is -2.97. The van der Waals surface area contributed by atoms with Crippen LogP contribution >= 0.6 is 0 Å². The maximum Gasteiger partial charge on any atom is 0.240 e. The second-order valence-corrected chi connectivity index (χ2v) is 9.72. The van der Waals surface area contributed by atoms with Gasteiger partial charge in [-0.05, 0) is 35.2 Å². The summed E-state index contributed by atoms with van der Waals surface area (Å²) in [6.07, 6.45) is 1.74. The van der Waals surface area contributed by atoms with Gasteiger partial charge in [0, 0.05) is 25.2 Å². The van der Waals surface area contributed by atoms with E-state index in [2.05, 4.69) is 35.9 Å². The number of amides is 1. The normalized spacial score (nSPS) is 12.0. The minimum Gasteiger partial charge on any atom is -0.309 e. The van der Waals surface area contributed by atoms with Gasteiger partial charge in [0.25, 0.3) is 0 Å². The zero-order valence-electron chi connectivity index (χ0n) is 17.3. The molecule has 0 aliphatic heterocycles. The molecule has 1 amide bonds. The largest absolute Gasteiger partial charge is 0.309 e. The zero-order valence-corrected chi connectivity index (χ0v) is 18.1. The number of hydrogen-bond donors (Lipinski definition) is 2. The molecular formula is C22H26N4O3S. The highest BCUT2D eigenvalue weighted by molar-refractivity contribution is 7.89. The number of nitrogens with one attached hydrogen (secondary N) is 2. The minimum absolute atomic E-state index is 0.00248. The van der Waals surface area contributed by atoms with E-state index in [1.807, 2.05) is 42.5 Å². The number of benzene rings is 2. The van der Waals surface area contributed by atoms with Gasteiger partial charge in [-0.25, -0.2) is 17.8 Å². The number of hydrogen-bond acceptors (Lipinski definition) is 4. The van der Waals surface area contributed by atoms with E-state index in [9.17, 15) is 13.2 Å². The fourth-order valence-corrected chi connectivity index (χ4v) is 3.87. The molecule has 158 valence electrons. The van der Waals surface area contributed by atoms with E-state index in [1.54, 1.807) is 29.1 Å². The van der Waals surface area contributed by atoms with Gasteiger partial charge in [-0.15, -0.1) is 0 Å². The predicted molar refractivity (Wildman–Crippen MR) is 117 cm³/mol. The Bertz CT molecular complexity index is 1100. The van der Waals surface area contributed by atoms with Crippen LogP contribution in [0, 0.1) is 0 Å². The van der Waals surface area contributed by atoms with Crippen LogP contribution in [0.5, 0.6) is 0 Å². The number of para-hydroxylation sites is 1. The number of anilines is 1. The second-order valence-electron chi connectivity index (χ2n) is 7.95. The van der Waals surface area contributed by atoms with Crippen molar-refractivity contribution in [3.8, 4) is 5.69 Å². The summed E-state index contributed by atoms with van der Waals surface area (Å²) in [5.74, 6) is 0.0866. The molecule has 0 spiro atoms. The van der Waals surface area contributed by atoms with Crippen LogP contribution in [0.3, 0.4) is 0 Å². The summed E-state index contributed by atoms with van der Waals surface area (Å²) in [5.41, 5.74) is 1.88. The van der Waals surface area contributed by atoms with Crippen molar-refractivity contribution in [2.45, 2.75) is 37.5 Å². The monoisotopic (exact) mass is 426 g/mol. The number of nitrogens with zero attached hydrogens (tertiary/aromatic N) is 2. The van der Waals surface area contributed by atoms with Crippen LogP contribution in [0.25, 0.3) is 5.69 Å². The summed E-state index contributed by atoms with van der Waals surface area (Å²) in [6.45, 7) is 6.19. The number of sulfonamides is 1. The summed E-state index contributed by atoms with van der Waals surface area (Å²) in [5, 5.41) is 6.98.